The highest BCUT2D eigenvalue weighted by atomic mass is 79.9. The maximum Gasteiger partial charge on any atom is 0.306 e. The Bertz CT molecular complexity index is 453. The van der Waals surface area contributed by atoms with Crippen molar-refractivity contribution in [3.8, 4) is 0 Å². The lowest BCUT2D eigenvalue weighted by molar-refractivity contribution is -0.385. The third kappa shape index (κ3) is 4.30. The van der Waals surface area contributed by atoms with E-state index in [2.05, 4.69) is 20.7 Å². The number of nitro benzene ring substituents is 1. The van der Waals surface area contributed by atoms with Crippen LogP contribution < -0.4 is 0 Å². The van der Waals surface area contributed by atoms with Gasteiger partial charge in [-0.15, -0.1) is 0 Å². The predicted molar refractivity (Wildman–Crippen MR) is 73.6 cm³/mol. The molecule has 0 unspecified atom stereocenters. The molecule has 0 aliphatic rings. The van der Waals surface area contributed by atoms with Gasteiger partial charge < -0.3 is 4.74 Å². The average molecular weight is 334 g/mol. The fourth-order valence-electron chi connectivity index (χ4n) is 1.26. The van der Waals surface area contributed by atoms with Gasteiger partial charge in [-0.05, 0) is 21.5 Å². The topological polar surface area (TPSA) is 69.4 Å². The number of thioether (sulfide) groups is 1. The van der Waals surface area contributed by atoms with Gasteiger partial charge in [-0.1, -0.05) is 12.1 Å². The lowest BCUT2D eigenvalue weighted by Crippen LogP contribution is -2.01. The average Bonchev–Trinajstić information content (AvgIpc) is 2.35. The van der Waals surface area contributed by atoms with E-state index in [1.807, 2.05) is 6.07 Å². The number of hydrogen-bond acceptors (Lipinski definition) is 5. The molecule has 0 amide bonds. The summed E-state index contributed by atoms with van der Waals surface area (Å²) in [6.45, 7) is 0. The number of esters is 1. The van der Waals surface area contributed by atoms with Crippen LogP contribution in [0.2, 0.25) is 0 Å². The molecule has 0 saturated carbocycles. The highest BCUT2D eigenvalue weighted by Gasteiger charge is 2.14. The Balaban J connectivity index is 2.55. The van der Waals surface area contributed by atoms with Crippen molar-refractivity contribution in [2.24, 2.45) is 0 Å². The molecule has 5 nitrogen and oxygen atoms in total. The lowest BCUT2D eigenvalue weighted by atomic mass is 10.2. The number of rotatable bonds is 6. The van der Waals surface area contributed by atoms with E-state index in [1.54, 1.807) is 6.07 Å². The van der Waals surface area contributed by atoms with Crippen molar-refractivity contribution in [3.63, 3.8) is 0 Å². The van der Waals surface area contributed by atoms with Crippen molar-refractivity contribution < 1.29 is 14.5 Å². The van der Waals surface area contributed by atoms with E-state index in [4.69, 9.17) is 0 Å². The number of nitro groups is 1. The van der Waals surface area contributed by atoms with Crippen LogP contribution in [0.25, 0.3) is 0 Å². The maximum absolute atomic E-state index is 10.9. The molecule has 0 aromatic heterocycles. The zero-order valence-electron chi connectivity index (χ0n) is 9.72. The van der Waals surface area contributed by atoms with Crippen LogP contribution in [0.1, 0.15) is 12.0 Å². The van der Waals surface area contributed by atoms with Crippen molar-refractivity contribution >= 4 is 39.3 Å². The molecule has 0 aliphatic carbocycles. The molecule has 7 heteroatoms. The first-order valence-electron chi connectivity index (χ1n) is 5.12. The molecule has 1 aromatic rings. The molecule has 0 radical (unpaired) electrons. The SMILES string of the molecule is COC(=O)CCSCc1cccc([N+](=O)[O-])c1Br. The minimum absolute atomic E-state index is 0.0565. The van der Waals surface area contributed by atoms with Crippen molar-refractivity contribution in [2.75, 3.05) is 12.9 Å². The minimum Gasteiger partial charge on any atom is -0.469 e. The van der Waals surface area contributed by atoms with Gasteiger partial charge in [-0.3, -0.25) is 14.9 Å². The Morgan fingerprint density at radius 1 is 1.56 bits per heavy atom. The third-order valence-electron chi connectivity index (χ3n) is 2.19. The van der Waals surface area contributed by atoms with E-state index in [0.29, 0.717) is 22.4 Å². The first-order chi connectivity index (χ1) is 8.56. The first-order valence-corrected chi connectivity index (χ1v) is 7.07. The summed E-state index contributed by atoms with van der Waals surface area (Å²) in [6, 6.07) is 4.92. The van der Waals surface area contributed by atoms with Crippen LogP contribution in [-0.2, 0) is 15.3 Å². The summed E-state index contributed by atoms with van der Waals surface area (Å²) < 4.78 is 5.03. The van der Waals surface area contributed by atoms with E-state index >= 15 is 0 Å². The van der Waals surface area contributed by atoms with Crippen LogP contribution in [-0.4, -0.2) is 23.8 Å². The fraction of sp³-hybridized carbons (Fsp3) is 0.364. The molecule has 0 saturated heterocycles. The largest absolute Gasteiger partial charge is 0.469 e. The van der Waals surface area contributed by atoms with Crippen LogP contribution in [0.15, 0.2) is 22.7 Å². The van der Waals surface area contributed by atoms with E-state index in [-0.39, 0.29) is 11.7 Å². The van der Waals surface area contributed by atoms with Crippen LogP contribution in [0.5, 0.6) is 0 Å². The zero-order chi connectivity index (χ0) is 13.5. The smallest absolute Gasteiger partial charge is 0.306 e. The molecule has 0 fully saturated rings. The van der Waals surface area contributed by atoms with Gasteiger partial charge in [0, 0.05) is 17.6 Å². The van der Waals surface area contributed by atoms with Crippen molar-refractivity contribution in [2.45, 2.75) is 12.2 Å². The van der Waals surface area contributed by atoms with Crippen LogP contribution >= 0.6 is 27.7 Å². The van der Waals surface area contributed by atoms with Crippen molar-refractivity contribution in [1.29, 1.82) is 0 Å². The Hall–Kier alpha value is -1.08. The summed E-state index contributed by atoms with van der Waals surface area (Å²) >= 11 is 4.76. The van der Waals surface area contributed by atoms with Gasteiger partial charge in [0.25, 0.3) is 5.69 Å². The number of methoxy groups -OCH3 is 1. The molecular weight excluding hydrogens is 322 g/mol. The predicted octanol–water partition coefficient (Wildman–Crippen LogP) is 3.15. The molecule has 0 spiro atoms. The number of ether oxygens (including phenoxy) is 1. The second-order valence-electron chi connectivity index (χ2n) is 3.39. The van der Waals surface area contributed by atoms with Crippen LogP contribution in [0.4, 0.5) is 5.69 Å². The number of halogens is 1. The fourth-order valence-corrected chi connectivity index (χ4v) is 2.91. The lowest BCUT2D eigenvalue weighted by Gasteiger charge is -2.04. The summed E-state index contributed by atoms with van der Waals surface area (Å²) in [5, 5.41) is 10.7. The summed E-state index contributed by atoms with van der Waals surface area (Å²) in [6.07, 6.45) is 0.341. The standard InChI is InChI=1S/C11H12BrNO4S/c1-17-10(14)5-6-18-7-8-3-2-4-9(11(8)12)13(15)16/h2-4H,5-7H2,1H3. The third-order valence-corrected chi connectivity index (χ3v) is 4.11. The normalized spacial score (nSPS) is 10.1. The number of nitrogens with zero attached hydrogens (tertiary/aromatic N) is 1. The van der Waals surface area contributed by atoms with Gasteiger partial charge in [-0.2, -0.15) is 11.8 Å². The second kappa shape index (κ2) is 7.38. The molecule has 98 valence electrons. The monoisotopic (exact) mass is 333 g/mol. The van der Waals surface area contributed by atoms with Crippen molar-refractivity contribution in [1.82, 2.24) is 0 Å². The quantitative estimate of drug-likeness (QED) is 0.346. The van der Waals surface area contributed by atoms with E-state index in [0.717, 1.165) is 5.56 Å². The van der Waals surface area contributed by atoms with Crippen LogP contribution in [0.3, 0.4) is 0 Å². The van der Waals surface area contributed by atoms with Gasteiger partial charge in [0.05, 0.1) is 22.9 Å². The Kier molecular flexibility index (Phi) is 6.14. The van der Waals surface area contributed by atoms with E-state index in [9.17, 15) is 14.9 Å². The number of carbonyl (C=O) groups excluding carboxylic acids is 1. The van der Waals surface area contributed by atoms with Gasteiger partial charge in [0.15, 0.2) is 0 Å². The second-order valence-corrected chi connectivity index (χ2v) is 5.28. The summed E-state index contributed by atoms with van der Waals surface area (Å²) in [5.41, 5.74) is 0.903. The molecule has 0 bridgehead atoms. The summed E-state index contributed by atoms with van der Waals surface area (Å²) in [5.74, 6) is 0.988. The molecule has 0 N–H and O–H groups in total. The van der Waals surface area contributed by atoms with Crippen molar-refractivity contribution in [3.05, 3.63) is 38.3 Å². The number of carbonyl (C=O) groups is 1. The Labute approximate surface area is 117 Å². The van der Waals surface area contributed by atoms with Gasteiger partial charge >= 0.3 is 5.97 Å². The molecule has 0 atom stereocenters. The molecule has 0 heterocycles. The highest BCUT2D eigenvalue weighted by molar-refractivity contribution is 9.10. The summed E-state index contributed by atoms with van der Waals surface area (Å²) in [7, 11) is 1.35. The maximum atomic E-state index is 10.9. The molecule has 0 aliphatic heterocycles. The van der Waals surface area contributed by atoms with E-state index < -0.39 is 4.92 Å². The molecular formula is C11H12BrNO4S. The number of benzene rings is 1. The minimum atomic E-state index is -0.424. The molecule has 1 aromatic carbocycles. The summed E-state index contributed by atoms with van der Waals surface area (Å²) in [4.78, 5) is 21.2. The Morgan fingerprint density at radius 3 is 2.89 bits per heavy atom. The van der Waals surface area contributed by atoms with Gasteiger partial charge in [0.2, 0.25) is 0 Å². The Morgan fingerprint density at radius 2 is 2.28 bits per heavy atom. The molecule has 18 heavy (non-hydrogen) atoms. The van der Waals surface area contributed by atoms with Gasteiger partial charge in [0.1, 0.15) is 0 Å². The van der Waals surface area contributed by atoms with E-state index in [1.165, 1.54) is 24.9 Å². The zero-order valence-corrected chi connectivity index (χ0v) is 12.1. The number of hydrogen-bond donors (Lipinski definition) is 0. The van der Waals surface area contributed by atoms with Crippen LogP contribution in [0, 0.1) is 10.1 Å². The molecule has 1 rings (SSSR count). The highest BCUT2D eigenvalue weighted by Crippen LogP contribution is 2.30. The first kappa shape index (κ1) is 15.0. The van der Waals surface area contributed by atoms with Gasteiger partial charge in [-0.25, -0.2) is 0 Å².